The fraction of sp³-hybridized carbons (Fsp3) is 0.615. The lowest BCUT2D eigenvalue weighted by atomic mass is 10.00. The van der Waals surface area contributed by atoms with Gasteiger partial charge in [-0.1, -0.05) is 18.7 Å². The van der Waals surface area contributed by atoms with Crippen LogP contribution in [0.2, 0.25) is 0 Å². The fourth-order valence-electron chi connectivity index (χ4n) is 2.17. The van der Waals surface area contributed by atoms with Crippen molar-refractivity contribution in [2.24, 2.45) is 0 Å². The summed E-state index contributed by atoms with van der Waals surface area (Å²) in [7, 11) is 0. The number of urea groups is 1. The van der Waals surface area contributed by atoms with E-state index in [2.05, 4.69) is 25.9 Å². The number of nitrogens with zero attached hydrogens (tertiary/aromatic N) is 3. The van der Waals surface area contributed by atoms with Gasteiger partial charge in [0.1, 0.15) is 11.4 Å². The van der Waals surface area contributed by atoms with Crippen molar-refractivity contribution in [2.45, 2.75) is 49.7 Å². The molecule has 4 amide bonds. The summed E-state index contributed by atoms with van der Waals surface area (Å²) in [6.45, 7) is 3.42. The van der Waals surface area contributed by atoms with E-state index in [1.807, 2.05) is 0 Å². The third-order valence-corrected chi connectivity index (χ3v) is 4.83. The highest BCUT2D eigenvalue weighted by Crippen LogP contribution is 2.38. The number of imide groups is 1. The number of aromatic amines is 1. The van der Waals surface area contributed by atoms with Crippen LogP contribution in [0.1, 0.15) is 44.9 Å². The molecule has 124 valence electrons. The van der Waals surface area contributed by atoms with Gasteiger partial charge in [0.15, 0.2) is 0 Å². The molecule has 10 heteroatoms. The van der Waals surface area contributed by atoms with Gasteiger partial charge in [-0.3, -0.25) is 20.1 Å². The maximum Gasteiger partial charge on any atom is 0.344 e. The lowest BCUT2D eigenvalue weighted by molar-refractivity contribution is -0.137. The van der Waals surface area contributed by atoms with Crippen LogP contribution in [-0.2, 0) is 9.59 Å². The summed E-state index contributed by atoms with van der Waals surface area (Å²) < 4.78 is 0. The molecular weight excluding hydrogens is 320 g/mol. The van der Waals surface area contributed by atoms with Gasteiger partial charge in [0, 0.05) is 5.92 Å². The Bertz CT molecular complexity index is 658. The lowest BCUT2D eigenvalue weighted by Crippen LogP contribution is -2.49. The van der Waals surface area contributed by atoms with Gasteiger partial charge in [-0.25, -0.2) is 9.78 Å². The van der Waals surface area contributed by atoms with Crippen molar-refractivity contribution in [1.82, 2.24) is 30.9 Å². The van der Waals surface area contributed by atoms with Gasteiger partial charge in [-0.05, 0) is 26.2 Å². The Morgan fingerprint density at radius 2 is 2.22 bits per heavy atom. The van der Waals surface area contributed by atoms with Gasteiger partial charge in [0.25, 0.3) is 5.91 Å². The molecule has 1 aromatic rings. The second-order valence-corrected chi connectivity index (χ2v) is 6.80. The van der Waals surface area contributed by atoms with E-state index in [1.54, 1.807) is 13.8 Å². The van der Waals surface area contributed by atoms with Crippen LogP contribution in [0.4, 0.5) is 4.79 Å². The van der Waals surface area contributed by atoms with Crippen LogP contribution >= 0.6 is 11.8 Å². The van der Waals surface area contributed by atoms with E-state index >= 15 is 0 Å². The summed E-state index contributed by atoms with van der Waals surface area (Å²) in [5.74, 6) is 0.403. The summed E-state index contributed by atoms with van der Waals surface area (Å²) >= 11 is 1.15. The molecule has 3 rings (SSSR count). The van der Waals surface area contributed by atoms with Crippen molar-refractivity contribution in [3.05, 3.63) is 5.82 Å². The molecule has 9 nitrogen and oxygen atoms in total. The average molecular weight is 338 g/mol. The molecule has 0 bridgehead atoms. The number of thioether (sulfide) groups is 1. The van der Waals surface area contributed by atoms with E-state index in [-0.39, 0.29) is 5.75 Å². The maximum atomic E-state index is 12.2. The number of hydrogen-bond donors (Lipinski definition) is 3. The molecule has 2 fully saturated rings. The van der Waals surface area contributed by atoms with Crippen molar-refractivity contribution in [3.63, 3.8) is 0 Å². The van der Waals surface area contributed by atoms with Crippen LogP contribution in [0.15, 0.2) is 5.16 Å². The van der Waals surface area contributed by atoms with Crippen molar-refractivity contribution < 1.29 is 14.4 Å². The standard InChI is InChI=1S/C13H18N6O3S/c1-3-13(2)10(21)19(12(22)15-13)18-8(20)6-23-11-14-9(16-17-11)7-4-5-7/h7H,3-6H2,1-2H3,(H,15,22)(H,18,20)(H,14,16,17). The first-order chi connectivity index (χ1) is 10.9. The molecule has 1 unspecified atom stereocenters. The Labute approximate surface area is 136 Å². The maximum absolute atomic E-state index is 12.2. The molecule has 0 spiro atoms. The first-order valence-electron chi connectivity index (χ1n) is 7.44. The van der Waals surface area contributed by atoms with Gasteiger partial charge < -0.3 is 5.32 Å². The Kier molecular flexibility index (Phi) is 4.00. The molecule has 1 aliphatic carbocycles. The summed E-state index contributed by atoms with van der Waals surface area (Å²) in [5, 5.41) is 10.7. The number of aromatic nitrogens is 3. The second kappa shape index (κ2) is 5.84. The minimum absolute atomic E-state index is 0.0157. The average Bonchev–Trinajstić information content (AvgIpc) is 3.23. The number of rotatable bonds is 6. The van der Waals surface area contributed by atoms with Crippen molar-refractivity contribution >= 4 is 29.6 Å². The van der Waals surface area contributed by atoms with Crippen molar-refractivity contribution in [3.8, 4) is 0 Å². The zero-order valence-electron chi connectivity index (χ0n) is 12.9. The highest BCUT2D eigenvalue weighted by atomic mass is 32.2. The highest BCUT2D eigenvalue weighted by molar-refractivity contribution is 7.99. The largest absolute Gasteiger partial charge is 0.344 e. The van der Waals surface area contributed by atoms with Crippen molar-refractivity contribution in [1.29, 1.82) is 0 Å². The van der Waals surface area contributed by atoms with Gasteiger partial charge in [0.2, 0.25) is 11.1 Å². The van der Waals surface area contributed by atoms with Crippen molar-refractivity contribution in [2.75, 3.05) is 5.75 Å². The Hall–Kier alpha value is -2.10. The highest BCUT2D eigenvalue weighted by Gasteiger charge is 2.47. The smallest absolute Gasteiger partial charge is 0.322 e. The van der Waals surface area contributed by atoms with E-state index in [0.29, 0.717) is 17.5 Å². The zero-order chi connectivity index (χ0) is 16.6. The Balaban J connectivity index is 1.52. The molecule has 1 aliphatic heterocycles. The van der Waals surface area contributed by atoms with Gasteiger partial charge in [0.05, 0.1) is 5.75 Å². The van der Waals surface area contributed by atoms with Crippen LogP contribution in [0.5, 0.6) is 0 Å². The van der Waals surface area contributed by atoms with Gasteiger partial charge in [-0.2, -0.15) is 5.01 Å². The summed E-state index contributed by atoms with van der Waals surface area (Å²) in [6.07, 6.45) is 2.67. The molecule has 1 saturated carbocycles. The van der Waals surface area contributed by atoms with Crippen LogP contribution < -0.4 is 10.7 Å². The first-order valence-corrected chi connectivity index (χ1v) is 8.43. The number of hydrazine groups is 1. The van der Waals surface area contributed by atoms with E-state index in [4.69, 9.17) is 0 Å². The molecule has 0 aromatic carbocycles. The summed E-state index contributed by atoms with van der Waals surface area (Å²) in [6, 6.07) is -0.619. The Morgan fingerprint density at radius 1 is 1.48 bits per heavy atom. The fourth-order valence-corrected chi connectivity index (χ4v) is 2.77. The third kappa shape index (κ3) is 3.16. The number of amides is 4. The van der Waals surface area contributed by atoms with Crippen LogP contribution in [0, 0.1) is 0 Å². The molecule has 23 heavy (non-hydrogen) atoms. The predicted octanol–water partition coefficient (Wildman–Crippen LogP) is 0.526. The molecule has 2 heterocycles. The predicted molar refractivity (Wildman–Crippen MR) is 81.3 cm³/mol. The normalized spacial score (nSPS) is 24.0. The summed E-state index contributed by atoms with van der Waals surface area (Å²) in [5.41, 5.74) is 1.35. The topological polar surface area (TPSA) is 120 Å². The number of hydrogen-bond acceptors (Lipinski definition) is 6. The number of nitrogens with one attached hydrogen (secondary N) is 3. The lowest BCUT2D eigenvalue weighted by Gasteiger charge is -2.19. The van der Waals surface area contributed by atoms with Crippen LogP contribution in [-0.4, -0.2) is 49.3 Å². The molecule has 1 aromatic heterocycles. The molecular formula is C13H18N6O3S. The van der Waals surface area contributed by atoms with Gasteiger partial charge in [-0.15, -0.1) is 5.10 Å². The number of carbonyl (C=O) groups is 3. The molecule has 2 aliphatic rings. The molecule has 1 saturated heterocycles. The number of H-pyrrole nitrogens is 1. The Morgan fingerprint density at radius 3 is 2.83 bits per heavy atom. The van der Waals surface area contributed by atoms with E-state index < -0.39 is 23.4 Å². The second-order valence-electron chi connectivity index (χ2n) is 5.86. The minimum atomic E-state index is -0.972. The van der Waals surface area contributed by atoms with Crippen LogP contribution in [0.3, 0.4) is 0 Å². The monoisotopic (exact) mass is 338 g/mol. The molecule has 0 radical (unpaired) electrons. The van der Waals surface area contributed by atoms with E-state index in [0.717, 1.165) is 35.4 Å². The zero-order valence-corrected chi connectivity index (χ0v) is 13.7. The SMILES string of the molecule is CCC1(C)NC(=O)N(NC(=O)CSc2n[nH]c(C3CC3)n2)C1=O. The summed E-state index contributed by atoms with van der Waals surface area (Å²) in [4.78, 5) is 40.2. The van der Waals surface area contributed by atoms with E-state index in [9.17, 15) is 14.4 Å². The molecule has 1 atom stereocenters. The first kappa shape index (κ1) is 15.8. The van der Waals surface area contributed by atoms with E-state index in [1.165, 1.54) is 0 Å². The minimum Gasteiger partial charge on any atom is -0.322 e. The molecule has 3 N–H and O–H groups in total. The third-order valence-electron chi connectivity index (χ3n) is 3.98. The quantitative estimate of drug-likeness (QED) is 0.514. The number of carbonyl (C=O) groups excluding carboxylic acids is 3. The van der Waals surface area contributed by atoms with Crippen LogP contribution in [0.25, 0.3) is 0 Å². The van der Waals surface area contributed by atoms with Gasteiger partial charge >= 0.3 is 6.03 Å².